The summed E-state index contributed by atoms with van der Waals surface area (Å²) in [6, 6.07) is 65.7. The Morgan fingerprint density at radius 2 is 0.768 bits per heavy atom. The summed E-state index contributed by atoms with van der Waals surface area (Å²) in [7, 11) is 0. The summed E-state index contributed by atoms with van der Waals surface area (Å²) in [4.78, 5) is 15.2. The molecule has 262 valence electrons. The summed E-state index contributed by atoms with van der Waals surface area (Å²) < 4.78 is 9.14. The molecule has 3 aromatic heterocycles. The van der Waals surface area contributed by atoms with E-state index in [2.05, 4.69) is 140 Å². The van der Waals surface area contributed by atoms with Crippen molar-refractivity contribution in [3.8, 4) is 67.5 Å². The Kier molecular flexibility index (Phi) is 7.64. The Bertz CT molecular complexity index is 3230. The van der Waals surface area contributed by atoms with E-state index in [4.69, 9.17) is 19.4 Å². The van der Waals surface area contributed by atoms with Crippen LogP contribution in [0.1, 0.15) is 0 Å². The lowest BCUT2D eigenvalue weighted by atomic mass is 10.00. The van der Waals surface area contributed by atoms with Crippen LogP contribution in [0.2, 0.25) is 0 Å². The van der Waals surface area contributed by atoms with Crippen molar-refractivity contribution in [2.24, 2.45) is 0 Å². The van der Waals surface area contributed by atoms with E-state index in [9.17, 15) is 0 Å². The van der Waals surface area contributed by atoms with Crippen LogP contribution in [0.15, 0.2) is 192 Å². The number of aromatic nitrogens is 3. The zero-order chi connectivity index (χ0) is 37.0. The van der Waals surface area contributed by atoms with Gasteiger partial charge < -0.3 is 4.42 Å². The van der Waals surface area contributed by atoms with E-state index in [0.29, 0.717) is 17.5 Å². The van der Waals surface area contributed by atoms with Crippen LogP contribution in [0.3, 0.4) is 0 Å². The Morgan fingerprint density at radius 1 is 0.321 bits per heavy atom. The van der Waals surface area contributed by atoms with Crippen molar-refractivity contribution in [1.82, 2.24) is 15.0 Å². The second-order valence-electron chi connectivity index (χ2n) is 14.0. The van der Waals surface area contributed by atoms with Gasteiger partial charge in [-0.25, -0.2) is 15.0 Å². The average molecular weight is 734 g/mol. The van der Waals surface area contributed by atoms with Crippen LogP contribution in [0.5, 0.6) is 0 Å². The number of nitrogens with zero attached hydrogens (tertiary/aromatic N) is 3. The number of fused-ring (bicyclic) bond motifs is 6. The number of hydrogen-bond acceptors (Lipinski definition) is 5. The Labute approximate surface area is 327 Å². The first-order valence-corrected chi connectivity index (χ1v) is 19.5. The monoisotopic (exact) mass is 733 g/mol. The Balaban J connectivity index is 0.996. The minimum absolute atomic E-state index is 0.601. The summed E-state index contributed by atoms with van der Waals surface area (Å²) >= 11 is 1.84. The summed E-state index contributed by atoms with van der Waals surface area (Å²) in [6.07, 6.45) is 0. The van der Waals surface area contributed by atoms with E-state index in [1.165, 1.54) is 36.9 Å². The Morgan fingerprint density at radius 3 is 1.39 bits per heavy atom. The highest BCUT2D eigenvalue weighted by Gasteiger charge is 2.19. The van der Waals surface area contributed by atoms with Gasteiger partial charge in [0, 0.05) is 47.6 Å². The van der Waals surface area contributed by atoms with E-state index in [1.54, 1.807) is 0 Å². The number of thiophene rings is 1. The first-order chi connectivity index (χ1) is 27.7. The molecule has 3 heterocycles. The molecule has 56 heavy (non-hydrogen) atoms. The number of benzene rings is 8. The summed E-state index contributed by atoms with van der Waals surface area (Å²) in [5, 5.41) is 4.57. The van der Waals surface area contributed by atoms with Gasteiger partial charge in [-0.05, 0) is 63.7 Å². The molecule has 5 heteroatoms. The molecule has 0 aliphatic rings. The highest BCUT2D eigenvalue weighted by molar-refractivity contribution is 7.25. The minimum atomic E-state index is 0.601. The van der Waals surface area contributed by atoms with Gasteiger partial charge in [-0.2, -0.15) is 0 Å². The normalized spacial score (nSPS) is 11.6. The van der Waals surface area contributed by atoms with Crippen LogP contribution in [0, 0.1) is 0 Å². The Hall–Kier alpha value is -7.21. The quantitative estimate of drug-likeness (QED) is 0.171. The SMILES string of the molecule is c1ccc(-c2ccc(-c3nc(-c4ccccc4)nc(-c4cccc5oc6cc(-c7ccc8c(c7)sc7cc(-c9ccccc9)ccc78)ccc6c45)n3)cc2)cc1. The smallest absolute Gasteiger partial charge is 0.164 e. The van der Waals surface area contributed by atoms with Gasteiger partial charge >= 0.3 is 0 Å². The molecular weight excluding hydrogens is 703 g/mol. The molecule has 0 aliphatic heterocycles. The van der Waals surface area contributed by atoms with Crippen molar-refractivity contribution in [3.63, 3.8) is 0 Å². The van der Waals surface area contributed by atoms with Crippen molar-refractivity contribution >= 4 is 53.4 Å². The fourth-order valence-corrected chi connectivity index (χ4v) is 8.93. The standard InChI is InChI=1S/C51H31N3OS/c1-4-11-32(12-5-1)34-19-21-36(22-20-34)50-52-49(35-15-8-3-9-16-35)53-51(54-50)43-17-10-18-44-48(43)42-28-25-37(29-45(42)55-44)39-24-27-41-40-26-23-38(33-13-6-2-7-14-33)30-46(40)56-47(41)31-39/h1-31H. The third-order valence-corrected chi connectivity index (χ3v) is 11.7. The van der Waals surface area contributed by atoms with Gasteiger partial charge in [0.05, 0.1) is 0 Å². The highest BCUT2D eigenvalue weighted by atomic mass is 32.1. The van der Waals surface area contributed by atoms with Crippen molar-refractivity contribution in [1.29, 1.82) is 0 Å². The number of hydrogen-bond donors (Lipinski definition) is 0. The first-order valence-electron chi connectivity index (χ1n) is 18.7. The molecule has 0 aliphatic carbocycles. The van der Waals surface area contributed by atoms with Gasteiger partial charge in [0.25, 0.3) is 0 Å². The molecule has 0 unspecified atom stereocenters. The zero-order valence-electron chi connectivity index (χ0n) is 30.1. The maximum atomic E-state index is 6.58. The molecule has 11 rings (SSSR count). The second-order valence-corrected chi connectivity index (χ2v) is 15.1. The maximum Gasteiger partial charge on any atom is 0.164 e. The molecular formula is C51H31N3OS. The van der Waals surface area contributed by atoms with Crippen LogP contribution >= 0.6 is 11.3 Å². The first kappa shape index (κ1) is 32.2. The fourth-order valence-electron chi connectivity index (χ4n) is 7.74. The topological polar surface area (TPSA) is 51.8 Å². The molecule has 0 spiro atoms. The molecule has 0 saturated heterocycles. The molecule has 11 aromatic rings. The summed E-state index contributed by atoms with van der Waals surface area (Å²) in [5.74, 6) is 1.84. The lowest BCUT2D eigenvalue weighted by molar-refractivity contribution is 0.669. The third-order valence-electron chi connectivity index (χ3n) is 10.6. The third kappa shape index (κ3) is 5.65. The molecule has 0 N–H and O–H groups in total. The van der Waals surface area contributed by atoms with Crippen LogP contribution < -0.4 is 0 Å². The van der Waals surface area contributed by atoms with Crippen molar-refractivity contribution in [2.75, 3.05) is 0 Å². The molecule has 0 bridgehead atoms. The lowest BCUT2D eigenvalue weighted by Gasteiger charge is -2.10. The zero-order valence-corrected chi connectivity index (χ0v) is 30.9. The highest BCUT2D eigenvalue weighted by Crippen LogP contribution is 2.41. The van der Waals surface area contributed by atoms with E-state index < -0.39 is 0 Å². The van der Waals surface area contributed by atoms with E-state index >= 15 is 0 Å². The predicted octanol–water partition coefficient (Wildman–Crippen LogP) is 14.1. The van der Waals surface area contributed by atoms with Gasteiger partial charge in [-0.3, -0.25) is 0 Å². The molecule has 0 fully saturated rings. The summed E-state index contributed by atoms with van der Waals surface area (Å²) in [6.45, 7) is 0. The maximum absolute atomic E-state index is 6.58. The molecule has 8 aromatic carbocycles. The molecule has 4 nitrogen and oxygen atoms in total. The predicted molar refractivity (Wildman–Crippen MR) is 233 cm³/mol. The van der Waals surface area contributed by atoms with Crippen molar-refractivity contribution < 1.29 is 4.42 Å². The van der Waals surface area contributed by atoms with E-state index in [-0.39, 0.29) is 0 Å². The van der Waals surface area contributed by atoms with Gasteiger partial charge in [-0.15, -0.1) is 11.3 Å². The van der Waals surface area contributed by atoms with Crippen LogP contribution in [-0.4, -0.2) is 15.0 Å². The summed E-state index contributed by atoms with van der Waals surface area (Å²) in [5.41, 5.74) is 11.4. The van der Waals surface area contributed by atoms with E-state index in [0.717, 1.165) is 55.3 Å². The van der Waals surface area contributed by atoms with Crippen molar-refractivity contribution in [3.05, 3.63) is 188 Å². The lowest BCUT2D eigenvalue weighted by Crippen LogP contribution is -2.00. The molecule has 0 radical (unpaired) electrons. The van der Waals surface area contributed by atoms with Gasteiger partial charge in [0.2, 0.25) is 0 Å². The molecule has 0 amide bonds. The second kappa shape index (κ2) is 13.3. The fraction of sp³-hybridized carbons (Fsp3) is 0. The van der Waals surface area contributed by atoms with Crippen LogP contribution in [-0.2, 0) is 0 Å². The average Bonchev–Trinajstić information content (AvgIpc) is 3.84. The van der Waals surface area contributed by atoms with Crippen LogP contribution in [0.4, 0.5) is 0 Å². The van der Waals surface area contributed by atoms with Gasteiger partial charge in [0.1, 0.15) is 11.2 Å². The van der Waals surface area contributed by atoms with E-state index in [1.807, 2.05) is 59.9 Å². The van der Waals surface area contributed by atoms with Gasteiger partial charge in [-0.1, -0.05) is 158 Å². The largest absolute Gasteiger partial charge is 0.456 e. The minimum Gasteiger partial charge on any atom is -0.456 e. The molecule has 0 saturated carbocycles. The number of rotatable bonds is 6. The van der Waals surface area contributed by atoms with Crippen molar-refractivity contribution in [2.45, 2.75) is 0 Å². The number of furan rings is 1. The van der Waals surface area contributed by atoms with Gasteiger partial charge in [0.15, 0.2) is 17.5 Å². The van der Waals surface area contributed by atoms with Crippen LogP contribution in [0.25, 0.3) is 110 Å². The molecule has 0 atom stereocenters.